The van der Waals surface area contributed by atoms with E-state index in [9.17, 15) is 4.79 Å². The number of nitrogens with zero attached hydrogens (tertiary/aromatic N) is 2. The summed E-state index contributed by atoms with van der Waals surface area (Å²) in [6.45, 7) is 3.78. The molecule has 0 aliphatic carbocycles. The molecule has 3 N–H and O–H groups in total. The number of nitrogen functional groups attached to an aromatic ring is 1. The maximum absolute atomic E-state index is 11.8. The quantitative estimate of drug-likeness (QED) is 0.814. The van der Waals surface area contributed by atoms with Gasteiger partial charge in [0.1, 0.15) is 11.6 Å². The van der Waals surface area contributed by atoms with Crippen LogP contribution in [0.25, 0.3) is 11.4 Å². The van der Waals surface area contributed by atoms with E-state index in [1.54, 1.807) is 18.5 Å². The molecule has 5 heteroatoms. The van der Waals surface area contributed by atoms with E-state index >= 15 is 0 Å². The fourth-order valence-corrected chi connectivity index (χ4v) is 1.72. The van der Waals surface area contributed by atoms with Gasteiger partial charge in [-0.1, -0.05) is 6.92 Å². The number of hydrogen-bond acceptors (Lipinski definition) is 4. The lowest BCUT2D eigenvalue weighted by Crippen LogP contribution is -2.17. The first kappa shape index (κ1) is 11.3. The Hall–Kier alpha value is -2.17. The molecule has 0 aromatic carbocycles. The number of pyridine rings is 1. The fraction of sp³-hybridized carbons (Fsp3) is 0.250. The Balaban J connectivity index is 2.63. The molecule has 0 atom stereocenters. The second-order valence-corrected chi connectivity index (χ2v) is 3.82. The number of aromatic amines is 1. The van der Waals surface area contributed by atoms with Gasteiger partial charge in [-0.15, -0.1) is 0 Å². The van der Waals surface area contributed by atoms with Gasteiger partial charge in [-0.2, -0.15) is 0 Å². The number of rotatable bonds is 2. The molecule has 0 saturated heterocycles. The van der Waals surface area contributed by atoms with Crippen molar-refractivity contribution in [3.63, 3.8) is 0 Å². The van der Waals surface area contributed by atoms with E-state index in [2.05, 4.69) is 15.0 Å². The Labute approximate surface area is 98.7 Å². The lowest BCUT2D eigenvalue weighted by Gasteiger charge is -2.07. The summed E-state index contributed by atoms with van der Waals surface area (Å²) in [5, 5.41) is 0. The van der Waals surface area contributed by atoms with Gasteiger partial charge in [0.25, 0.3) is 5.56 Å². The van der Waals surface area contributed by atoms with Crippen LogP contribution in [0.4, 0.5) is 5.82 Å². The number of H-pyrrole nitrogens is 1. The van der Waals surface area contributed by atoms with E-state index in [0.29, 0.717) is 23.6 Å². The van der Waals surface area contributed by atoms with E-state index in [-0.39, 0.29) is 5.56 Å². The van der Waals surface area contributed by atoms with Gasteiger partial charge in [0.15, 0.2) is 0 Å². The summed E-state index contributed by atoms with van der Waals surface area (Å²) in [7, 11) is 0. The Kier molecular flexibility index (Phi) is 2.91. The standard InChI is InChI=1S/C12H14N4O/c1-3-8-10(13)15-11(16-12(8)17)9-4-5-14-6-7(9)2/h4-6H,3H2,1-2H3,(H3,13,15,16,17). The van der Waals surface area contributed by atoms with E-state index in [1.807, 2.05) is 13.8 Å². The lowest BCUT2D eigenvalue weighted by molar-refractivity contribution is 1.02. The smallest absolute Gasteiger partial charge is 0.256 e. The van der Waals surface area contributed by atoms with Crippen LogP contribution in [0.3, 0.4) is 0 Å². The Morgan fingerprint density at radius 2 is 2.24 bits per heavy atom. The molecule has 0 bridgehead atoms. The molecule has 0 fully saturated rings. The highest BCUT2D eigenvalue weighted by molar-refractivity contribution is 5.60. The minimum atomic E-state index is -0.175. The molecule has 88 valence electrons. The first-order valence-electron chi connectivity index (χ1n) is 5.43. The molecule has 2 aromatic heterocycles. The summed E-state index contributed by atoms with van der Waals surface area (Å²) in [6.07, 6.45) is 3.95. The first-order valence-corrected chi connectivity index (χ1v) is 5.43. The number of anilines is 1. The largest absolute Gasteiger partial charge is 0.383 e. The van der Waals surface area contributed by atoms with Crippen LogP contribution >= 0.6 is 0 Å². The molecule has 0 amide bonds. The molecular formula is C12H14N4O. The fourth-order valence-electron chi connectivity index (χ4n) is 1.72. The van der Waals surface area contributed by atoms with Crippen LogP contribution in [-0.4, -0.2) is 15.0 Å². The third kappa shape index (κ3) is 2.04. The van der Waals surface area contributed by atoms with Crippen molar-refractivity contribution in [2.24, 2.45) is 0 Å². The summed E-state index contributed by atoms with van der Waals surface area (Å²) in [5.74, 6) is 0.784. The van der Waals surface area contributed by atoms with Crippen molar-refractivity contribution >= 4 is 5.82 Å². The van der Waals surface area contributed by atoms with Gasteiger partial charge in [0, 0.05) is 18.0 Å². The number of hydrogen-bond donors (Lipinski definition) is 2. The van der Waals surface area contributed by atoms with Crippen LogP contribution in [0.1, 0.15) is 18.1 Å². The molecule has 0 saturated carbocycles. The van der Waals surface area contributed by atoms with Crippen LogP contribution in [0.5, 0.6) is 0 Å². The van der Waals surface area contributed by atoms with Gasteiger partial charge in [0.2, 0.25) is 0 Å². The summed E-state index contributed by atoms with van der Waals surface area (Å²) in [5.41, 5.74) is 7.91. The van der Waals surface area contributed by atoms with E-state index < -0.39 is 0 Å². The maximum Gasteiger partial charge on any atom is 0.256 e. The van der Waals surface area contributed by atoms with Crippen molar-refractivity contribution in [2.45, 2.75) is 20.3 Å². The highest BCUT2D eigenvalue weighted by Crippen LogP contribution is 2.18. The number of nitrogens with one attached hydrogen (secondary N) is 1. The normalized spacial score (nSPS) is 10.5. The van der Waals surface area contributed by atoms with Crippen molar-refractivity contribution in [2.75, 3.05) is 5.73 Å². The van der Waals surface area contributed by atoms with Crippen LogP contribution in [0.15, 0.2) is 23.3 Å². The van der Waals surface area contributed by atoms with Crippen LogP contribution in [0.2, 0.25) is 0 Å². The molecule has 0 aliphatic heterocycles. The number of nitrogens with two attached hydrogens (primary N) is 1. The molecule has 2 aromatic rings. The zero-order valence-corrected chi connectivity index (χ0v) is 9.82. The van der Waals surface area contributed by atoms with Gasteiger partial charge in [0.05, 0.1) is 5.56 Å². The Morgan fingerprint density at radius 3 is 2.82 bits per heavy atom. The zero-order chi connectivity index (χ0) is 12.4. The van der Waals surface area contributed by atoms with Gasteiger partial charge >= 0.3 is 0 Å². The van der Waals surface area contributed by atoms with Crippen LogP contribution < -0.4 is 11.3 Å². The minimum Gasteiger partial charge on any atom is -0.383 e. The molecular weight excluding hydrogens is 216 g/mol. The van der Waals surface area contributed by atoms with Crippen molar-refractivity contribution < 1.29 is 0 Å². The average molecular weight is 230 g/mol. The van der Waals surface area contributed by atoms with Gasteiger partial charge in [-0.3, -0.25) is 9.78 Å². The van der Waals surface area contributed by atoms with Crippen molar-refractivity contribution in [3.05, 3.63) is 39.9 Å². The predicted molar refractivity (Wildman–Crippen MR) is 66.6 cm³/mol. The molecule has 2 rings (SSSR count). The van der Waals surface area contributed by atoms with Crippen LogP contribution in [-0.2, 0) is 6.42 Å². The first-order chi connectivity index (χ1) is 8.13. The summed E-state index contributed by atoms with van der Waals surface area (Å²) in [6, 6.07) is 1.80. The third-order valence-corrected chi connectivity index (χ3v) is 2.68. The van der Waals surface area contributed by atoms with Crippen molar-refractivity contribution in [1.82, 2.24) is 15.0 Å². The van der Waals surface area contributed by atoms with E-state index in [4.69, 9.17) is 5.73 Å². The average Bonchev–Trinajstić information content (AvgIpc) is 2.29. The third-order valence-electron chi connectivity index (χ3n) is 2.68. The second-order valence-electron chi connectivity index (χ2n) is 3.82. The minimum absolute atomic E-state index is 0.175. The maximum atomic E-state index is 11.8. The van der Waals surface area contributed by atoms with Gasteiger partial charge < -0.3 is 10.7 Å². The van der Waals surface area contributed by atoms with Gasteiger partial charge in [-0.25, -0.2) is 4.98 Å². The second kappa shape index (κ2) is 4.37. The lowest BCUT2D eigenvalue weighted by atomic mass is 10.1. The summed E-state index contributed by atoms with van der Waals surface area (Å²) in [4.78, 5) is 22.8. The molecule has 0 spiro atoms. The van der Waals surface area contributed by atoms with Crippen LogP contribution in [0, 0.1) is 6.92 Å². The molecule has 0 unspecified atom stereocenters. The molecule has 2 heterocycles. The number of aryl methyl sites for hydroxylation is 1. The van der Waals surface area contributed by atoms with E-state index in [0.717, 1.165) is 11.1 Å². The molecule has 5 nitrogen and oxygen atoms in total. The molecule has 17 heavy (non-hydrogen) atoms. The SMILES string of the molecule is CCc1c(N)nc(-c2ccncc2C)[nH]c1=O. The highest BCUT2D eigenvalue weighted by Gasteiger charge is 2.09. The Bertz CT molecular complexity index is 604. The summed E-state index contributed by atoms with van der Waals surface area (Å²) >= 11 is 0. The zero-order valence-electron chi connectivity index (χ0n) is 9.82. The molecule has 0 aliphatic rings. The van der Waals surface area contributed by atoms with Gasteiger partial charge in [-0.05, 0) is 25.0 Å². The molecule has 0 radical (unpaired) electrons. The topological polar surface area (TPSA) is 84.7 Å². The van der Waals surface area contributed by atoms with Crippen molar-refractivity contribution in [3.8, 4) is 11.4 Å². The Morgan fingerprint density at radius 1 is 1.47 bits per heavy atom. The monoisotopic (exact) mass is 230 g/mol. The summed E-state index contributed by atoms with van der Waals surface area (Å²) < 4.78 is 0. The highest BCUT2D eigenvalue weighted by atomic mass is 16.1. The predicted octanol–water partition coefficient (Wildman–Crippen LogP) is 1.28. The van der Waals surface area contributed by atoms with Crippen molar-refractivity contribution in [1.29, 1.82) is 0 Å². The number of aromatic nitrogens is 3. The van der Waals surface area contributed by atoms with E-state index in [1.165, 1.54) is 0 Å².